The van der Waals surface area contributed by atoms with Crippen molar-refractivity contribution in [3.8, 4) is 0 Å². The number of hydrogen-bond acceptors (Lipinski definition) is 5. The second-order valence-corrected chi connectivity index (χ2v) is 8.33. The molecule has 1 aromatic heterocycles. The van der Waals surface area contributed by atoms with E-state index >= 15 is 0 Å². The Kier molecular flexibility index (Phi) is 6.61. The zero-order chi connectivity index (χ0) is 20.3. The summed E-state index contributed by atoms with van der Waals surface area (Å²) in [4.78, 5) is 27.3. The molecule has 1 aliphatic rings. The zero-order valence-electron chi connectivity index (χ0n) is 15.9. The maximum Gasteiger partial charge on any atom is 0.271 e. The summed E-state index contributed by atoms with van der Waals surface area (Å²) in [5.74, 6) is -0.0371. The van der Waals surface area contributed by atoms with Gasteiger partial charge in [0.25, 0.3) is 5.69 Å². The lowest BCUT2D eigenvalue weighted by molar-refractivity contribution is -0.384. The number of nitro groups is 1. The van der Waals surface area contributed by atoms with Gasteiger partial charge in [-0.1, -0.05) is 42.6 Å². The van der Waals surface area contributed by atoms with Gasteiger partial charge in [-0.2, -0.15) is 0 Å². The van der Waals surface area contributed by atoms with Crippen molar-refractivity contribution in [1.29, 1.82) is 0 Å². The molecule has 2 aromatic rings. The maximum absolute atomic E-state index is 12.4. The average Bonchev–Trinajstić information content (AvgIpc) is 2.96. The van der Waals surface area contributed by atoms with Crippen LogP contribution in [-0.4, -0.2) is 26.1 Å². The van der Waals surface area contributed by atoms with E-state index in [9.17, 15) is 14.9 Å². The van der Waals surface area contributed by atoms with Crippen molar-refractivity contribution in [2.45, 2.75) is 57.1 Å². The molecule has 0 aliphatic heterocycles. The van der Waals surface area contributed by atoms with Crippen LogP contribution in [0.4, 0.5) is 11.4 Å². The van der Waals surface area contributed by atoms with Crippen molar-refractivity contribution < 1.29 is 9.72 Å². The lowest BCUT2D eigenvalue weighted by Gasteiger charge is -2.26. The number of halogens is 1. The predicted molar refractivity (Wildman–Crippen MR) is 111 cm³/mol. The number of nitrogens with zero attached hydrogens (tertiary/aromatic N) is 3. The van der Waals surface area contributed by atoms with E-state index in [1.807, 2.05) is 6.92 Å². The Morgan fingerprint density at radius 2 is 2.07 bits per heavy atom. The first kappa shape index (κ1) is 20.7. The second-order valence-electron chi connectivity index (χ2n) is 6.99. The first-order valence-corrected chi connectivity index (χ1v) is 10.6. The van der Waals surface area contributed by atoms with Crippen molar-refractivity contribution in [2.24, 2.45) is 0 Å². The summed E-state index contributed by atoms with van der Waals surface area (Å²) in [6, 6.07) is 4.44. The number of non-ortho nitro benzene ring substituents is 1. The molecule has 1 aromatic carbocycles. The van der Waals surface area contributed by atoms with Crippen LogP contribution >= 0.6 is 23.4 Å². The number of thioether (sulfide) groups is 1. The van der Waals surface area contributed by atoms with Gasteiger partial charge < -0.3 is 9.88 Å². The first-order valence-electron chi connectivity index (χ1n) is 9.29. The molecule has 0 unspecified atom stereocenters. The molecule has 3 rings (SSSR count). The summed E-state index contributed by atoms with van der Waals surface area (Å²) in [5, 5.41) is 14.5. The summed E-state index contributed by atoms with van der Waals surface area (Å²) in [6.07, 6.45) is 6.03. The number of anilines is 1. The van der Waals surface area contributed by atoms with Gasteiger partial charge in [0.15, 0.2) is 5.16 Å². The molecule has 9 heteroatoms. The number of nitrogens with one attached hydrogen (secondary N) is 1. The second kappa shape index (κ2) is 8.96. The largest absolute Gasteiger partial charge is 0.324 e. The summed E-state index contributed by atoms with van der Waals surface area (Å²) >= 11 is 7.45. The van der Waals surface area contributed by atoms with Gasteiger partial charge >= 0.3 is 0 Å². The third-order valence-corrected chi connectivity index (χ3v) is 6.33. The van der Waals surface area contributed by atoms with Crippen LogP contribution in [0.2, 0.25) is 5.02 Å². The molecule has 1 saturated carbocycles. The van der Waals surface area contributed by atoms with Gasteiger partial charge in [0, 0.05) is 23.9 Å². The fourth-order valence-electron chi connectivity index (χ4n) is 3.50. The van der Waals surface area contributed by atoms with E-state index in [-0.39, 0.29) is 22.4 Å². The number of carbonyl (C=O) groups is 1. The summed E-state index contributed by atoms with van der Waals surface area (Å²) in [6.45, 7) is 4.08. The van der Waals surface area contributed by atoms with Crippen LogP contribution in [-0.2, 0) is 4.79 Å². The van der Waals surface area contributed by atoms with E-state index in [1.54, 1.807) is 0 Å². The van der Waals surface area contributed by atoms with Crippen LogP contribution in [0.3, 0.4) is 0 Å². The number of carbonyl (C=O) groups excluding carboxylic acids is 1. The van der Waals surface area contributed by atoms with E-state index in [4.69, 9.17) is 11.6 Å². The number of aromatic nitrogens is 2. The monoisotopic (exact) mass is 422 g/mol. The molecule has 0 saturated heterocycles. The van der Waals surface area contributed by atoms with Crippen molar-refractivity contribution in [3.63, 3.8) is 0 Å². The Morgan fingerprint density at radius 3 is 2.71 bits per heavy atom. The number of benzene rings is 1. The Bertz CT molecular complexity index is 894. The van der Waals surface area contributed by atoms with Gasteiger partial charge in [-0.05, 0) is 32.8 Å². The molecule has 0 spiro atoms. The average molecular weight is 423 g/mol. The molecule has 1 heterocycles. The topological polar surface area (TPSA) is 90.1 Å². The van der Waals surface area contributed by atoms with Crippen LogP contribution in [0, 0.1) is 24.0 Å². The van der Waals surface area contributed by atoms with Gasteiger partial charge in [0.1, 0.15) is 0 Å². The lowest BCUT2D eigenvalue weighted by atomic mass is 9.95. The van der Waals surface area contributed by atoms with Crippen LogP contribution in [0.15, 0.2) is 23.4 Å². The van der Waals surface area contributed by atoms with Crippen LogP contribution in [0.1, 0.15) is 49.5 Å². The van der Waals surface area contributed by atoms with Gasteiger partial charge in [-0.25, -0.2) is 4.98 Å². The molecular weight excluding hydrogens is 400 g/mol. The highest BCUT2D eigenvalue weighted by molar-refractivity contribution is 7.99. The normalized spacial score (nSPS) is 14.8. The predicted octanol–water partition coefficient (Wildman–Crippen LogP) is 5.30. The summed E-state index contributed by atoms with van der Waals surface area (Å²) < 4.78 is 2.28. The molecule has 0 radical (unpaired) electrons. The Labute approximate surface area is 173 Å². The minimum atomic E-state index is -0.525. The quantitative estimate of drug-likeness (QED) is 0.387. The molecule has 0 bridgehead atoms. The van der Waals surface area contributed by atoms with Crippen molar-refractivity contribution in [1.82, 2.24) is 9.55 Å². The highest BCUT2D eigenvalue weighted by atomic mass is 35.5. The van der Waals surface area contributed by atoms with E-state index in [0.717, 1.165) is 29.4 Å². The fraction of sp³-hybridized carbons (Fsp3) is 0.474. The molecule has 0 atom stereocenters. The zero-order valence-corrected chi connectivity index (χ0v) is 17.5. The SMILES string of the molecule is Cc1nc(SCC(=O)Nc2ccc([N+](=O)[O-])cc2Cl)n(C2CCCCC2)c1C. The van der Waals surface area contributed by atoms with Crippen LogP contribution in [0.5, 0.6) is 0 Å². The van der Waals surface area contributed by atoms with Crippen molar-refractivity contribution in [3.05, 3.63) is 44.7 Å². The number of nitro benzene ring substituents is 1. The highest BCUT2D eigenvalue weighted by Crippen LogP contribution is 2.34. The summed E-state index contributed by atoms with van der Waals surface area (Å²) in [5.41, 5.74) is 2.40. The third kappa shape index (κ3) is 4.67. The molecule has 1 aliphatic carbocycles. The van der Waals surface area contributed by atoms with Gasteiger partial charge in [-0.15, -0.1) is 0 Å². The van der Waals surface area contributed by atoms with E-state index in [1.165, 1.54) is 49.2 Å². The molecule has 150 valence electrons. The maximum atomic E-state index is 12.4. The smallest absolute Gasteiger partial charge is 0.271 e. The number of aryl methyl sites for hydroxylation is 1. The first-order chi connectivity index (χ1) is 13.4. The van der Waals surface area contributed by atoms with Gasteiger partial charge in [0.2, 0.25) is 5.91 Å². The number of amides is 1. The third-order valence-electron chi connectivity index (χ3n) is 5.06. The summed E-state index contributed by atoms with van der Waals surface area (Å²) in [7, 11) is 0. The molecule has 28 heavy (non-hydrogen) atoms. The van der Waals surface area contributed by atoms with E-state index < -0.39 is 4.92 Å². The van der Waals surface area contributed by atoms with Crippen molar-refractivity contribution >= 4 is 40.6 Å². The molecule has 7 nitrogen and oxygen atoms in total. The molecule has 1 fully saturated rings. The van der Waals surface area contributed by atoms with Crippen molar-refractivity contribution in [2.75, 3.05) is 11.1 Å². The van der Waals surface area contributed by atoms with Crippen LogP contribution in [0.25, 0.3) is 0 Å². The lowest BCUT2D eigenvalue weighted by Crippen LogP contribution is -2.17. The van der Waals surface area contributed by atoms with Gasteiger partial charge in [0.05, 0.1) is 27.1 Å². The van der Waals surface area contributed by atoms with E-state index in [0.29, 0.717) is 11.7 Å². The molecular formula is C19H23ClN4O3S. The Hall–Kier alpha value is -2.06. The number of hydrogen-bond donors (Lipinski definition) is 1. The Morgan fingerprint density at radius 1 is 1.36 bits per heavy atom. The number of rotatable bonds is 6. The molecule has 1 N–H and O–H groups in total. The van der Waals surface area contributed by atoms with Crippen LogP contribution < -0.4 is 5.32 Å². The minimum absolute atomic E-state index is 0.113. The Balaban J connectivity index is 1.66. The minimum Gasteiger partial charge on any atom is -0.324 e. The van der Waals surface area contributed by atoms with Gasteiger partial charge in [-0.3, -0.25) is 14.9 Å². The fourth-order valence-corrected chi connectivity index (χ4v) is 4.68. The van der Waals surface area contributed by atoms with E-state index in [2.05, 4.69) is 21.8 Å². The highest BCUT2D eigenvalue weighted by Gasteiger charge is 2.22. The number of imidazole rings is 1. The standard InChI is InChI=1S/C19H23ClN4O3S/c1-12-13(2)23(14-6-4-3-5-7-14)19(21-12)28-11-18(25)22-17-9-8-15(24(26)27)10-16(17)20/h8-10,14H,3-7,11H2,1-2H3,(H,22,25). The molecule has 1 amide bonds.